The first-order chi connectivity index (χ1) is 15.8. The molecular formula is C26H24FN3O2S. The maximum atomic E-state index is 13.4. The maximum absolute atomic E-state index is 13.4. The van der Waals surface area contributed by atoms with Gasteiger partial charge in [0, 0.05) is 6.54 Å². The van der Waals surface area contributed by atoms with Crippen molar-refractivity contribution in [1.82, 2.24) is 14.9 Å². The Kier molecular flexibility index (Phi) is 6.60. The van der Waals surface area contributed by atoms with Gasteiger partial charge in [-0.1, -0.05) is 42.1 Å². The average molecular weight is 462 g/mol. The van der Waals surface area contributed by atoms with Crippen LogP contribution < -0.4 is 10.9 Å². The Morgan fingerprint density at radius 1 is 1.06 bits per heavy atom. The van der Waals surface area contributed by atoms with Crippen molar-refractivity contribution in [2.75, 3.05) is 0 Å². The van der Waals surface area contributed by atoms with Gasteiger partial charge < -0.3 is 5.32 Å². The van der Waals surface area contributed by atoms with Gasteiger partial charge in [-0.05, 0) is 73.9 Å². The lowest BCUT2D eigenvalue weighted by Gasteiger charge is -2.17. The van der Waals surface area contributed by atoms with Crippen LogP contribution in [0.1, 0.15) is 23.6 Å². The van der Waals surface area contributed by atoms with Gasteiger partial charge in [0.15, 0.2) is 5.16 Å². The van der Waals surface area contributed by atoms with Gasteiger partial charge in [-0.2, -0.15) is 0 Å². The van der Waals surface area contributed by atoms with Crippen LogP contribution in [0.3, 0.4) is 0 Å². The molecule has 0 aliphatic heterocycles. The molecule has 7 heteroatoms. The Morgan fingerprint density at radius 2 is 1.73 bits per heavy atom. The summed E-state index contributed by atoms with van der Waals surface area (Å²) in [4.78, 5) is 30.9. The van der Waals surface area contributed by atoms with Gasteiger partial charge in [0.05, 0.1) is 21.8 Å². The number of nitrogens with one attached hydrogen (secondary N) is 1. The molecule has 0 aliphatic rings. The van der Waals surface area contributed by atoms with Crippen LogP contribution in [0.4, 0.5) is 4.39 Å². The van der Waals surface area contributed by atoms with Crippen LogP contribution in [0, 0.1) is 19.7 Å². The van der Waals surface area contributed by atoms with Crippen molar-refractivity contribution in [2.45, 2.75) is 37.7 Å². The molecule has 1 aromatic heterocycles. The summed E-state index contributed by atoms with van der Waals surface area (Å²) in [5, 5.41) is 3.34. The number of hydrogen-bond acceptors (Lipinski definition) is 4. The Morgan fingerprint density at radius 3 is 2.42 bits per heavy atom. The highest BCUT2D eigenvalue weighted by Gasteiger charge is 2.20. The minimum absolute atomic E-state index is 0.174. The molecule has 0 fully saturated rings. The normalized spacial score (nSPS) is 12.0. The minimum atomic E-state index is -0.504. The Labute approximate surface area is 195 Å². The number of hydrogen-bond donors (Lipinski definition) is 1. The molecule has 3 aromatic carbocycles. The zero-order valence-corrected chi connectivity index (χ0v) is 19.4. The number of fused-ring (bicyclic) bond motifs is 1. The molecule has 4 rings (SSSR count). The first-order valence-corrected chi connectivity index (χ1v) is 11.5. The van der Waals surface area contributed by atoms with Crippen molar-refractivity contribution < 1.29 is 9.18 Å². The van der Waals surface area contributed by atoms with Crippen LogP contribution in [0.25, 0.3) is 16.6 Å². The molecule has 0 radical (unpaired) electrons. The van der Waals surface area contributed by atoms with Crippen LogP contribution in [-0.4, -0.2) is 20.7 Å². The monoisotopic (exact) mass is 461 g/mol. The van der Waals surface area contributed by atoms with E-state index >= 15 is 0 Å². The number of nitrogens with zero attached hydrogens (tertiary/aromatic N) is 2. The molecule has 1 heterocycles. The Bertz CT molecular complexity index is 1360. The summed E-state index contributed by atoms with van der Waals surface area (Å²) in [6.45, 7) is 6.03. The first-order valence-electron chi connectivity index (χ1n) is 10.6. The number of halogens is 1. The summed E-state index contributed by atoms with van der Waals surface area (Å²) in [6.07, 6.45) is 0. The molecule has 1 unspecified atom stereocenters. The predicted molar refractivity (Wildman–Crippen MR) is 130 cm³/mol. The lowest BCUT2D eigenvalue weighted by atomic mass is 10.1. The van der Waals surface area contributed by atoms with Gasteiger partial charge >= 0.3 is 0 Å². The minimum Gasteiger partial charge on any atom is -0.351 e. The molecular weight excluding hydrogens is 437 g/mol. The first kappa shape index (κ1) is 22.7. The van der Waals surface area contributed by atoms with Crippen molar-refractivity contribution >= 4 is 28.6 Å². The highest BCUT2D eigenvalue weighted by atomic mass is 32.2. The summed E-state index contributed by atoms with van der Waals surface area (Å²) in [6, 6.07) is 19.1. The molecule has 168 valence electrons. The summed E-state index contributed by atoms with van der Waals surface area (Å²) in [5.74, 6) is -0.514. The predicted octanol–water partition coefficient (Wildman–Crippen LogP) is 4.94. The number of amides is 1. The number of thioether (sulfide) groups is 1. The van der Waals surface area contributed by atoms with Crippen molar-refractivity contribution in [3.8, 4) is 5.69 Å². The zero-order chi connectivity index (χ0) is 23.5. The lowest BCUT2D eigenvalue weighted by molar-refractivity contribution is -0.120. The summed E-state index contributed by atoms with van der Waals surface area (Å²) in [7, 11) is 0. The van der Waals surface area contributed by atoms with E-state index in [1.165, 1.54) is 23.9 Å². The molecule has 1 N–H and O–H groups in total. The van der Waals surface area contributed by atoms with Gasteiger partial charge in [0.1, 0.15) is 5.82 Å². The van der Waals surface area contributed by atoms with Crippen LogP contribution in [0.15, 0.2) is 76.7 Å². The van der Waals surface area contributed by atoms with Gasteiger partial charge in [-0.15, -0.1) is 0 Å². The van der Waals surface area contributed by atoms with Crippen LogP contribution in [0.5, 0.6) is 0 Å². The lowest BCUT2D eigenvalue weighted by Crippen LogP contribution is -2.31. The van der Waals surface area contributed by atoms with Gasteiger partial charge in [-0.3, -0.25) is 14.2 Å². The third kappa shape index (κ3) is 5.14. The number of rotatable bonds is 6. The molecule has 4 aromatic rings. The SMILES string of the molecule is Cc1cc(C)cc(-n2c(SC(C)C(=O)NCc3ccc(F)cc3)nc3ccccc3c2=O)c1. The van der Waals surface area contributed by atoms with E-state index in [2.05, 4.69) is 5.32 Å². The zero-order valence-electron chi connectivity index (χ0n) is 18.6. The van der Waals surface area contributed by atoms with Crippen LogP contribution in [-0.2, 0) is 11.3 Å². The number of aromatic nitrogens is 2. The topological polar surface area (TPSA) is 64.0 Å². The fourth-order valence-electron chi connectivity index (χ4n) is 3.65. The van der Waals surface area contributed by atoms with Crippen LogP contribution in [0.2, 0.25) is 0 Å². The largest absolute Gasteiger partial charge is 0.351 e. The quantitative estimate of drug-likeness (QED) is 0.326. The van der Waals surface area contributed by atoms with Crippen molar-refractivity contribution in [1.29, 1.82) is 0 Å². The summed E-state index contributed by atoms with van der Waals surface area (Å²) in [5.41, 5.74) is 4.00. The number of para-hydroxylation sites is 1. The third-order valence-corrected chi connectivity index (χ3v) is 6.29. The highest BCUT2D eigenvalue weighted by Crippen LogP contribution is 2.26. The highest BCUT2D eigenvalue weighted by molar-refractivity contribution is 8.00. The molecule has 1 amide bonds. The number of carbonyl (C=O) groups is 1. The van der Waals surface area contributed by atoms with E-state index in [4.69, 9.17) is 4.98 Å². The molecule has 5 nitrogen and oxygen atoms in total. The van der Waals surface area contributed by atoms with E-state index < -0.39 is 5.25 Å². The number of aryl methyl sites for hydroxylation is 2. The van der Waals surface area contributed by atoms with E-state index in [1.54, 1.807) is 35.8 Å². The smallest absolute Gasteiger partial charge is 0.266 e. The molecule has 0 saturated carbocycles. The number of carbonyl (C=O) groups excluding carboxylic acids is 1. The molecule has 33 heavy (non-hydrogen) atoms. The second-order valence-corrected chi connectivity index (χ2v) is 9.31. The molecule has 0 spiro atoms. The van der Waals surface area contributed by atoms with Gasteiger partial charge in [0.25, 0.3) is 5.56 Å². The fraction of sp³-hybridized carbons (Fsp3) is 0.192. The van der Waals surface area contributed by atoms with E-state index in [0.29, 0.717) is 22.6 Å². The number of benzene rings is 3. The van der Waals surface area contributed by atoms with E-state index in [0.717, 1.165) is 22.4 Å². The van der Waals surface area contributed by atoms with Crippen LogP contribution >= 0.6 is 11.8 Å². The van der Waals surface area contributed by atoms with Gasteiger partial charge in [-0.25, -0.2) is 9.37 Å². The maximum Gasteiger partial charge on any atom is 0.266 e. The summed E-state index contributed by atoms with van der Waals surface area (Å²) < 4.78 is 14.7. The van der Waals surface area contributed by atoms with Crippen molar-refractivity contribution in [3.05, 3.63) is 99.6 Å². The summed E-state index contributed by atoms with van der Waals surface area (Å²) >= 11 is 1.23. The van der Waals surface area contributed by atoms with Crippen molar-refractivity contribution in [3.63, 3.8) is 0 Å². The molecule has 1 atom stereocenters. The molecule has 0 bridgehead atoms. The second-order valence-electron chi connectivity index (χ2n) is 8.00. The third-order valence-electron chi connectivity index (χ3n) is 5.24. The second kappa shape index (κ2) is 9.58. The van der Waals surface area contributed by atoms with E-state index in [1.807, 2.05) is 44.2 Å². The Balaban J connectivity index is 1.66. The Hall–Kier alpha value is -3.45. The van der Waals surface area contributed by atoms with Gasteiger partial charge in [0.2, 0.25) is 5.91 Å². The molecule has 0 saturated heterocycles. The standard InChI is InChI=1S/C26H24FN3O2S/c1-16-12-17(2)14-21(13-16)30-25(32)22-6-4-5-7-23(22)29-26(30)33-18(3)24(31)28-15-19-8-10-20(27)11-9-19/h4-14,18H,15H2,1-3H3,(H,28,31). The fourth-order valence-corrected chi connectivity index (χ4v) is 4.60. The molecule has 0 aliphatic carbocycles. The average Bonchev–Trinajstić information content (AvgIpc) is 2.78. The van der Waals surface area contributed by atoms with E-state index in [9.17, 15) is 14.0 Å². The van der Waals surface area contributed by atoms with Crippen molar-refractivity contribution in [2.24, 2.45) is 0 Å². The van der Waals surface area contributed by atoms with E-state index in [-0.39, 0.29) is 17.3 Å².